The van der Waals surface area contributed by atoms with E-state index < -0.39 is 0 Å². The molecule has 1 amide bonds. The van der Waals surface area contributed by atoms with E-state index >= 15 is 0 Å². The highest BCUT2D eigenvalue weighted by molar-refractivity contribution is 9.10. The van der Waals surface area contributed by atoms with Gasteiger partial charge in [-0.3, -0.25) is 9.78 Å². The Bertz CT molecular complexity index is 1170. The normalized spacial score (nSPS) is 11.2. The number of anilines is 1. The molecular formula is C23H20BrN3O2. The van der Waals surface area contributed by atoms with Gasteiger partial charge in [0.05, 0.1) is 5.56 Å². The second-order valence-electron chi connectivity index (χ2n) is 7.21. The van der Waals surface area contributed by atoms with Crippen molar-refractivity contribution in [2.75, 3.05) is 5.32 Å². The van der Waals surface area contributed by atoms with Crippen LogP contribution in [0.2, 0.25) is 0 Å². The van der Waals surface area contributed by atoms with Crippen molar-refractivity contribution < 1.29 is 9.21 Å². The SMILES string of the molecule is CC(C)c1ccc2oc(Cc3ccc(NC(=O)c4cncc(Br)c4)cc3)nc2c1. The summed E-state index contributed by atoms with van der Waals surface area (Å²) < 4.78 is 6.64. The van der Waals surface area contributed by atoms with Gasteiger partial charge in [0.1, 0.15) is 5.52 Å². The minimum atomic E-state index is -0.202. The maximum absolute atomic E-state index is 12.3. The first-order valence-electron chi connectivity index (χ1n) is 9.38. The van der Waals surface area contributed by atoms with Crippen LogP contribution < -0.4 is 5.32 Å². The molecule has 0 atom stereocenters. The Kier molecular flexibility index (Phi) is 5.45. The molecule has 2 heterocycles. The van der Waals surface area contributed by atoms with Crippen molar-refractivity contribution >= 4 is 38.6 Å². The van der Waals surface area contributed by atoms with Crippen molar-refractivity contribution in [3.63, 3.8) is 0 Å². The molecule has 2 aromatic carbocycles. The number of hydrogen-bond donors (Lipinski definition) is 1. The van der Waals surface area contributed by atoms with Crippen LogP contribution in [0.1, 0.15) is 47.1 Å². The average Bonchev–Trinajstić information content (AvgIpc) is 3.10. The summed E-state index contributed by atoms with van der Waals surface area (Å²) in [5.74, 6) is 0.930. The average molecular weight is 450 g/mol. The van der Waals surface area contributed by atoms with Crippen molar-refractivity contribution in [3.8, 4) is 0 Å². The Morgan fingerprint density at radius 2 is 1.90 bits per heavy atom. The lowest BCUT2D eigenvalue weighted by Gasteiger charge is -2.06. The van der Waals surface area contributed by atoms with E-state index in [1.165, 1.54) is 11.8 Å². The molecule has 0 unspecified atom stereocenters. The third kappa shape index (κ3) is 4.54. The van der Waals surface area contributed by atoms with Gasteiger partial charge in [0.2, 0.25) is 0 Å². The quantitative estimate of drug-likeness (QED) is 0.408. The van der Waals surface area contributed by atoms with E-state index in [1.54, 1.807) is 12.3 Å². The number of pyridine rings is 1. The Morgan fingerprint density at radius 1 is 1.10 bits per heavy atom. The minimum Gasteiger partial charge on any atom is -0.440 e. The topological polar surface area (TPSA) is 68.0 Å². The molecule has 2 aromatic heterocycles. The Morgan fingerprint density at radius 3 is 2.62 bits per heavy atom. The van der Waals surface area contributed by atoms with Gasteiger partial charge in [-0.15, -0.1) is 0 Å². The molecule has 0 aliphatic rings. The van der Waals surface area contributed by atoms with Crippen LogP contribution in [-0.2, 0) is 6.42 Å². The molecule has 0 saturated carbocycles. The van der Waals surface area contributed by atoms with Gasteiger partial charge in [-0.1, -0.05) is 32.0 Å². The number of rotatable bonds is 5. The first-order chi connectivity index (χ1) is 14.0. The summed E-state index contributed by atoms with van der Waals surface area (Å²) in [5, 5.41) is 2.88. The van der Waals surface area contributed by atoms with Gasteiger partial charge in [-0.05, 0) is 63.3 Å². The monoisotopic (exact) mass is 449 g/mol. The Hall–Kier alpha value is -2.99. The van der Waals surface area contributed by atoms with Gasteiger partial charge >= 0.3 is 0 Å². The van der Waals surface area contributed by atoms with E-state index in [4.69, 9.17) is 4.42 Å². The van der Waals surface area contributed by atoms with Crippen LogP contribution in [0.25, 0.3) is 11.1 Å². The number of benzene rings is 2. The lowest BCUT2D eigenvalue weighted by Crippen LogP contribution is -2.12. The van der Waals surface area contributed by atoms with Gasteiger partial charge in [-0.2, -0.15) is 0 Å². The molecule has 0 spiro atoms. The van der Waals surface area contributed by atoms with Gasteiger partial charge in [0.25, 0.3) is 5.91 Å². The largest absolute Gasteiger partial charge is 0.440 e. The number of oxazole rings is 1. The van der Waals surface area contributed by atoms with E-state index in [-0.39, 0.29) is 5.91 Å². The zero-order valence-electron chi connectivity index (χ0n) is 16.1. The van der Waals surface area contributed by atoms with Crippen molar-refractivity contribution in [2.24, 2.45) is 0 Å². The summed E-state index contributed by atoms with van der Waals surface area (Å²) in [6.07, 6.45) is 3.77. The molecular weight excluding hydrogens is 430 g/mol. The predicted octanol–water partition coefficient (Wildman–Crippen LogP) is 5.95. The zero-order chi connectivity index (χ0) is 20.4. The van der Waals surface area contributed by atoms with E-state index in [0.29, 0.717) is 23.8 Å². The summed E-state index contributed by atoms with van der Waals surface area (Å²) in [7, 11) is 0. The molecule has 0 aliphatic carbocycles. The van der Waals surface area contributed by atoms with E-state index in [1.807, 2.05) is 30.3 Å². The lowest BCUT2D eigenvalue weighted by molar-refractivity contribution is 0.102. The molecule has 6 heteroatoms. The van der Waals surface area contributed by atoms with E-state index in [2.05, 4.69) is 57.2 Å². The second kappa shape index (κ2) is 8.17. The minimum absolute atomic E-state index is 0.202. The molecule has 0 fully saturated rings. The number of fused-ring (bicyclic) bond motifs is 1. The lowest BCUT2D eigenvalue weighted by atomic mass is 10.0. The molecule has 4 rings (SSSR count). The van der Waals surface area contributed by atoms with Crippen molar-refractivity contribution in [2.45, 2.75) is 26.2 Å². The van der Waals surface area contributed by atoms with Crippen LogP contribution in [-0.4, -0.2) is 15.9 Å². The van der Waals surface area contributed by atoms with E-state index in [9.17, 15) is 4.79 Å². The van der Waals surface area contributed by atoms with Crippen molar-refractivity contribution in [1.29, 1.82) is 0 Å². The molecule has 0 bridgehead atoms. The fourth-order valence-electron chi connectivity index (χ4n) is 3.05. The number of nitrogens with zero attached hydrogens (tertiary/aromatic N) is 2. The molecule has 0 saturated heterocycles. The fraction of sp³-hybridized carbons (Fsp3) is 0.174. The number of hydrogen-bond acceptors (Lipinski definition) is 4. The molecule has 0 aliphatic heterocycles. The number of aromatic nitrogens is 2. The highest BCUT2D eigenvalue weighted by atomic mass is 79.9. The van der Waals surface area contributed by atoms with Crippen molar-refractivity contribution in [1.82, 2.24) is 9.97 Å². The third-order valence-corrected chi connectivity index (χ3v) is 5.09. The van der Waals surface area contributed by atoms with Gasteiger partial charge in [0, 0.05) is 29.0 Å². The first-order valence-corrected chi connectivity index (χ1v) is 10.2. The van der Waals surface area contributed by atoms with Gasteiger partial charge in [-0.25, -0.2) is 4.98 Å². The van der Waals surface area contributed by atoms with Crippen LogP contribution in [0.15, 0.2) is 69.8 Å². The summed E-state index contributed by atoms with van der Waals surface area (Å²) in [5.41, 5.74) is 5.21. The van der Waals surface area contributed by atoms with Crippen LogP contribution in [0, 0.1) is 0 Å². The number of carbonyl (C=O) groups excluding carboxylic acids is 1. The van der Waals surface area contributed by atoms with Crippen molar-refractivity contribution in [3.05, 3.63) is 88.0 Å². The second-order valence-corrected chi connectivity index (χ2v) is 8.12. The molecule has 5 nitrogen and oxygen atoms in total. The Labute approximate surface area is 177 Å². The summed E-state index contributed by atoms with van der Waals surface area (Å²) in [4.78, 5) is 21.0. The molecule has 4 aromatic rings. The predicted molar refractivity (Wildman–Crippen MR) is 117 cm³/mol. The molecule has 29 heavy (non-hydrogen) atoms. The number of carbonyl (C=O) groups is 1. The van der Waals surface area contributed by atoms with Crippen LogP contribution in [0.3, 0.4) is 0 Å². The van der Waals surface area contributed by atoms with Crippen LogP contribution >= 0.6 is 15.9 Å². The van der Waals surface area contributed by atoms with Gasteiger partial charge < -0.3 is 9.73 Å². The maximum atomic E-state index is 12.3. The number of nitrogens with one attached hydrogen (secondary N) is 1. The van der Waals surface area contributed by atoms with Crippen LogP contribution in [0.4, 0.5) is 5.69 Å². The first kappa shape index (κ1) is 19.3. The molecule has 1 N–H and O–H groups in total. The zero-order valence-corrected chi connectivity index (χ0v) is 17.7. The molecule has 146 valence electrons. The van der Waals surface area contributed by atoms with E-state index in [0.717, 1.165) is 26.8 Å². The third-order valence-electron chi connectivity index (χ3n) is 4.66. The van der Waals surface area contributed by atoms with Gasteiger partial charge in [0.15, 0.2) is 11.5 Å². The highest BCUT2D eigenvalue weighted by Gasteiger charge is 2.10. The Balaban J connectivity index is 1.45. The van der Waals surface area contributed by atoms with Crippen LogP contribution in [0.5, 0.6) is 0 Å². The molecule has 0 radical (unpaired) electrons. The highest BCUT2D eigenvalue weighted by Crippen LogP contribution is 2.23. The summed E-state index contributed by atoms with van der Waals surface area (Å²) in [6.45, 7) is 4.32. The summed E-state index contributed by atoms with van der Waals surface area (Å²) >= 11 is 3.32. The smallest absolute Gasteiger partial charge is 0.257 e. The fourth-order valence-corrected chi connectivity index (χ4v) is 3.41. The maximum Gasteiger partial charge on any atom is 0.257 e. The summed E-state index contributed by atoms with van der Waals surface area (Å²) in [6, 6.07) is 15.6. The number of halogens is 1. The standard InChI is InChI=1S/C23H20BrN3O2/c1-14(2)16-5-8-21-20(11-16)27-22(29-21)9-15-3-6-19(7-4-15)26-23(28)17-10-18(24)13-25-12-17/h3-8,10-14H,9H2,1-2H3,(H,26,28). The number of amides is 1.